The standard InChI is InChI=1S/C12H16N4S/c1-9(12-7-14-8-17-12)15-10-6-13-5-4-11(10)16(2)3/h4-9,15H,1-3H3. The smallest absolute Gasteiger partial charge is 0.0795 e. The second kappa shape index (κ2) is 5.14. The zero-order chi connectivity index (χ0) is 12.3. The van der Waals surface area contributed by atoms with Crippen LogP contribution < -0.4 is 10.2 Å². The summed E-state index contributed by atoms with van der Waals surface area (Å²) in [6, 6.07) is 2.24. The van der Waals surface area contributed by atoms with Gasteiger partial charge in [0, 0.05) is 31.4 Å². The van der Waals surface area contributed by atoms with Gasteiger partial charge in [-0.1, -0.05) is 0 Å². The molecule has 1 N–H and O–H groups in total. The van der Waals surface area contributed by atoms with Crippen molar-refractivity contribution in [2.75, 3.05) is 24.3 Å². The first kappa shape index (κ1) is 11.9. The van der Waals surface area contributed by atoms with Crippen LogP contribution in [0.15, 0.2) is 30.2 Å². The van der Waals surface area contributed by atoms with Crippen LogP contribution in [0.4, 0.5) is 11.4 Å². The quantitative estimate of drug-likeness (QED) is 0.903. The van der Waals surface area contributed by atoms with E-state index in [1.54, 1.807) is 17.5 Å². The lowest BCUT2D eigenvalue weighted by molar-refractivity contribution is 0.899. The number of hydrogen-bond donors (Lipinski definition) is 1. The molecule has 0 fully saturated rings. The van der Waals surface area contributed by atoms with Gasteiger partial charge in [0.25, 0.3) is 0 Å². The number of nitrogens with zero attached hydrogens (tertiary/aromatic N) is 3. The molecule has 2 aromatic heterocycles. The van der Waals surface area contributed by atoms with Crippen LogP contribution in [0.3, 0.4) is 0 Å². The minimum Gasteiger partial charge on any atom is -0.376 e. The predicted molar refractivity (Wildman–Crippen MR) is 72.7 cm³/mol. The summed E-state index contributed by atoms with van der Waals surface area (Å²) in [6.07, 6.45) is 5.55. The first-order chi connectivity index (χ1) is 8.18. The topological polar surface area (TPSA) is 41.1 Å². The molecule has 2 rings (SSSR count). The molecular formula is C12H16N4S. The maximum Gasteiger partial charge on any atom is 0.0795 e. The van der Waals surface area contributed by atoms with Crippen LogP contribution >= 0.6 is 11.3 Å². The van der Waals surface area contributed by atoms with Crippen LogP contribution in [0.2, 0.25) is 0 Å². The molecule has 5 heteroatoms. The van der Waals surface area contributed by atoms with Crippen molar-refractivity contribution in [2.24, 2.45) is 0 Å². The summed E-state index contributed by atoms with van der Waals surface area (Å²) in [4.78, 5) is 11.5. The first-order valence-electron chi connectivity index (χ1n) is 5.44. The molecule has 0 aliphatic rings. The van der Waals surface area contributed by atoms with Crippen LogP contribution in [0.5, 0.6) is 0 Å². The van der Waals surface area contributed by atoms with Gasteiger partial charge in [0.2, 0.25) is 0 Å². The van der Waals surface area contributed by atoms with Gasteiger partial charge in [0.1, 0.15) is 0 Å². The highest BCUT2D eigenvalue weighted by atomic mass is 32.1. The molecule has 17 heavy (non-hydrogen) atoms. The van der Waals surface area contributed by atoms with Crippen molar-refractivity contribution in [3.8, 4) is 0 Å². The number of nitrogens with one attached hydrogen (secondary N) is 1. The van der Waals surface area contributed by atoms with E-state index in [2.05, 4.69) is 27.1 Å². The van der Waals surface area contributed by atoms with E-state index in [1.165, 1.54) is 4.88 Å². The van der Waals surface area contributed by atoms with Crippen LogP contribution in [0, 0.1) is 0 Å². The molecule has 0 aromatic carbocycles. The lowest BCUT2D eigenvalue weighted by Crippen LogP contribution is -2.13. The molecule has 0 bridgehead atoms. The van der Waals surface area contributed by atoms with Gasteiger partial charge in [-0.05, 0) is 13.0 Å². The summed E-state index contributed by atoms with van der Waals surface area (Å²) in [5, 5.41) is 3.46. The number of thiazole rings is 1. The van der Waals surface area contributed by atoms with Gasteiger partial charge in [-0.2, -0.15) is 0 Å². The fourth-order valence-corrected chi connectivity index (χ4v) is 2.26. The van der Waals surface area contributed by atoms with E-state index in [0.717, 1.165) is 11.4 Å². The lowest BCUT2D eigenvalue weighted by Gasteiger charge is -2.20. The molecule has 0 saturated carbocycles. The van der Waals surface area contributed by atoms with Crippen molar-refractivity contribution in [3.05, 3.63) is 35.0 Å². The molecular weight excluding hydrogens is 232 g/mol. The van der Waals surface area contributed by atoms with Crippen molar-refractivity contribution in [1.29, 1.82) is 0 Å². The molecule has 0 amide bonds. The summed E-state index contributed by atoms with van der Waals surface area (Å²) in [5.41, 5.74) is 4.03. The third kappa shape index (κ3) is 2.74. The van der Waals surface area contributed by atoms with Gasteiger partial charge in [0.05, 0.1) is 29.1 Å². The largest absolute Gasteiger partial charge is 0.376 e. The third-order valence-corrected chi connectivity index (χ3v) is 3.49. The average molecular weight is 248 g/mol. The molecule has 0 spiro atoms. The van der Waals surface area contributed by atoms with Crippen LogP contribution in [0.1, 0.15) is 17.8 Å². The van der Waals surface area contributed by atoms with E-state index in [4.69, 9.17) is 0 Å². The van der Waals surface area contributed by atoms with E-state index >= 15 is 0 Å². The fourth-order valence-electron chi connectivity index (χ4n) is 1.63. The minimum absolute atomic E-state index is 0.241. The molecule has 0 aliphatic heterocycles. The van der Waals surface area contributed by atoms with Crippen LogP contribution in [-0.2, 0) is 0 Å². The van der Waals surface area contributed by atoms with Gasteiger partial charge in [-0.25, -0.2) is 0 Å². The maximum absolute atomic E-state index is 4.16. The summed E-state index contributed by atoms with van der Waals surface area (Å²) >= 11 is 1.66. The molecule has 0 radical (unpaired) electrons. The van der Waals surface area contributed by atoms with E-state index in [1.807, 2.05) is 38.1 Å². The monoisotopic (exact) mass is 248 g/mol. The van der Waals surface area contributed by atoms with E-state index < -0.39 is 0 Å². The van der Waals surface area contributed by atoms with Gasteiger partial charge in [-0.3, -0.25) is 9.97 Å². The second-order valence-electron chi connectivity index (χ2n) is 4.06. The Bertz CT molecular complexity index is 467. The van der Waals surface area contributed by atoms with Crippen molar-refractivity contribution in [3.63, 3.8) is 0 Å². The number of pyridine rings is 1. The van der Waals surface area contributed by atoms with E-state index in [9.17, 15) is 0 Å². The number of hydrogen-bond acceptors (Lipinski definition) is 5. The molecule has 0 saturated heterocycles. The third-order valence-electron chi connectivity index (χ3n) is 2.53. The Morgan fingerprint density at radius 3 is 2.76 bits per heavy atom. The molecule has 0 aliphatic carbocycles. The Hall–Kier alpha value is -1.62. The van der Waals surface area contributed by atoms with Crippen LogP contribution in [0.25, 0.3) is 0 Å². The Morgan fingerprint density at radius 1 is 1.29 bits per heavy atom. The zero-order valence-electron chi connectivity index (χ0n) is 10.2. The highest BCUT2D eigenvalue weighted by Gasteiger charge is 2.10. The van der Waals surface area contributed by atoms with Crippen molar-refractivity contribution >= 4 is 22.7 Å². The lowest BCUT2D eigenvalue weighted by atomic mass is 10.2. The molecule has 4 nitrogen and oxygen atoms in total. The SMILES string of the molecule is CC(Nc1cnccc1N(C)C)c1cncs1. The van der Waals surface area contributed by atoms with Crippen molar-refractivity contribution < 1.29 is 0 Å². The maximum atomic E-state index is 4.16. The summed E-state index contributed by atoms with van der Waals surface area (Å²) in [5.74, 6) is 0. The Kier molecular flexibility index (Phi) is 3.58. The number of rotatable bonds is 4. The Balaban J connectivity index is 2.18. The van der Waals surface area contributed by atoms with E-state index in [-0.39, 0.29) is 6.04 Å². The van der Waals surface area contributed by atoms with Crippen molar-refractivity contribution in [1.82, 2.24) is 9.97 Å². The summed E-state index contributed by atoms with van der Waals surface area (Å²) in [7, 11) is 4.05. The molecule has 2 aromatic rings. The highest BCUT2D eigenvalue weighted by Crippen LogP contribution is 2.27. The molecule has 1 atom stereocenters. The molecule has 1 unspecified atom stereocenters. The predicted octanol–water partition coefficient (Wildman–Crippen LogP) is 2.78. The van der Waals surface area contributed by atoms with Crippen LogP contribution in [-0.4, -0.2) is 24.1 Å². The van der Waals surface area contributed by atoms with Crippen molar-refractivity contribution in [2.45, 2.75) is 13.0 Å². The van der Waals surface area contributed by atoms with Gasteiger partial charge >= 0.3 is 0 Å². The van der Waals surface area contributed by atoms with Gasteiger partial charge < -0.3 is 10.2 Å². The normalized spacial score (nSPS) is 12.2. The Morgan fingerprint density at radius 2 is 2.12 bits per heavy atom. The second-order valence-corrected chi connectivity index (χ2v) is 4.98. The number of aromatic nitrogens is 2. The Labute approximate surface area is 105 Å². The highest BCUT2D eigenvalue weighted by molar-refractivity contribution is 7.09. The van der Waals surface area contributed by atoms with Gasteiger partial charge in [0.15, 0.2) is 0 Å². The minimum atomic E-state index is 0.241. The number of anilines is 2. The fraction of sp³-hybridized carbons (Fsp3) is 0.333. The zero-order valence-corrected chi connectivity index (χ0v) is 11.0. The summed E-state index contributed by atoms with van der Waals surface area (Å²) < 4.78 is 0. The molecule has 90 valence electrons. The average Bonchev–Trinajstić information content (AvgIpc) is 2.83. The molecule has 2 heterocycles. The summed E-state index contributed by atoms with van der Waals surface area (Å²) in [6.45, 7) is 2.12. The first-order valence-corrected chi connectivity index (χ1v) is 6.32. The van der Waals surface area contributed by atoms with Gasteiger partial charge in [-0.15, -0.1) is 11.3 Å². The van der Waals surface area contributed by atoms with E-state index in [0.29, 0.717) is 0 Å².